The Bertz CT molecular complexity index is 151. The summed E-state index contributed by atoms with van der Waals surface area (Å²) in [5.41, 5.74) is 0. The molecule has 0 unspecified atom stereocenters. The third-order valence-corrected chi connectivity index (χ3v) is 3.30. The van der Waals surface area contributed by atoms with Crippen molar-refractivity contribution in [3.8, 4) is 0 Å². The molecule has 0 aromatic carbocycles. The number of aliphatic hydroxyl groups excluding tert-OH is 1. The lowest BCUT2D eigenvalue weighted by atomic mass is 10.0. The van der Waals surface area contributed by atoms with Gasteiger partial charge in [-0.25, -0.2) is 0 Å². The van der Waals surface area contributed by atoms with E-state index in [9.17, 15) is 5.11 Å². The first-order chi connectivity index (χ1) is 7.22. The predicted molar refractivity (Wildman–Crippen MR) is 65.0 cm³/mol. The Labute approximate surface area is 94.5 Å². The first-order valence-electron chi connectivity index (χ1n) is 6.59. The number of rotatable bonds is 5. The van der Waals surface area contributed by atoms with E-state index in [2.05, 4.69) is 19.2 Å². The molecular formula is C13H27NO. The lowest BCUT2D eigenvalue weighted by molar-refractivity contribution is 0.208. The summed E-state index contributed by atoms with van der Waals surface area (Å²) in [5, 5.41) is 12.9. The summed E-state index contributed by atoms with van der Waals surface area (Å²) in [6.45, 7) is 4.73. The van der Waals surface area contributed by atoms with Gasteiger partial charge < -0.3 is 10.4 Å². The van der Waals surface area contributed by atoms with Crippen LogP contribution in [0.15, 0.2) is 0 Å². The fourth-order valence-electron chi connectivity index (χ4n) is 2.54. The van der Waals surface area contributed by atoms with Crippen molar-refractivity contribution in [2.24, 2.45) is 5.92 Å². The largest absolute Gasteiger partial charge is 0.395 e. The molecule has 1 atom stereocenters. The van der Waals surface area contributed by atoms with E-state index in [0.717, 1.165) is 6.42 Å². The van der Waals surface area contributed by atoms with E-state index < -0.39 is 0 Å². The van der Waals surface area contributed by atoms with Gasteiger partial charge in [-0.1, -0.05) is 39.5 Å². The third kappa shape index (κ3) is 5.53. The molecule has 0 heterocycles. The van der Waals surface area contributed by atoms with Gasteiger partial charge in [-0.3, -0.25) is 0 Å². The number of aliphatic hydroxyl groups is 1. The Balaban J connectivity index is 2.28. The monoisotopic (exact) mass is 213 g/mol. The highest BCUT2D eigenvalue weighted by atomic mass is 16.3. The molecule has 0 bridgehead atoms. The molecule has 0 aromatic rings. The van der Waals surface area contributed by atoms with Gasteiger partial charge in [0.25, 0.3) is 0 Å². The minimum Gasteiger partial charge on any atom is -0.395 e. The maximum Gasteiger partial charge on any atom is 0.0584 e. The highest BCUT2D eigenvalue weighted by Crippen LogP contribution is 2.18. The second-order valence-corrected chi connectivity index (χ2v) is 5.36. The zero-order chi connectivity index (χ0) is 11.1. The molecule has 1 rings (SSSR count). The molecule has 0 radical (unpaired) electrons. The van der Waals surface area contributed by atoms with Crippen molar-refractivity contribution in [1.29, 1.82) is 0 Å². The van der Waals surface area contributed by atoms with Crippen LogP contribution in [0, 0.1) is 5.92 Å². The van der Waals surface area contributed by atoms with Gasteiger partial charge in [-0.15, -0.1) is 0 Å². The van der Waals surface area contributed by atoms with Crippen molar-refractivity contribution in [2.45, 2.75) is 70.9 Å². The average molecular weight is 213 g/mol. The van der Waals surface area contributed by atoms with Crippen LogP contribution in [-0.4, -0.2) is 23.8 Å². The van der Waals surface area contributed by atoms with Gasteiger partial charge in [0, 0.05) is 12.1 Å². The SMILES string of the molecule is CC(C)C[C@H](CO)NC1CCCCCC1. The van der Waals surface area contributed by atoms with Crippen molar-refractivity contribution < 1.29 is 5.11 Å². The molecule has 1 fully saturated rings. The van der Waals surface area contributed by atoms with Crippen LogP contribution in [0.25, 0.3) is 0 Å². The molecule has 0 aliphatic heterocycles. The Morgan fingerprint density at radius 2 is 1.73 bits per heavy atom. The molecule has 2 heteroatoms. The summed E-state index contributed by atoms with van der Waals surface area (Å²) < 4.78 is 0. The molecule has 1 aliphatic rings. The zero-order valence-corrected chi connectivity index (χ0v) is 10.3. The van der Waals surface area contributed by atoms with Gasteiger partial charge in [-0.05, 0) is 25.2 Å². The number of hydrogen-bond donors (Lipinski definition) is 2. The minimum atomic E-state index is 0.286. The quantitative estimate of drug-likeness (QED) is 0.688. The Morgan fingerprint density at radius 3 is 2.20 bits per heavy atom. The summed E-state index contributed by atoms with van der Waals surface area (Å²) >= 11 is 0. The molecule has 0 amide bonds. The normalized spacial score (nSPS) is 21.6. The summed E-state index contributed by atoms with van der Waals surface area (Å²) in [6, 6.07) is 0.969. The maximum absolute atomic E-state index is 9.31. The van der Waals surface area contributed by atoms with E-state index in [1.54, 1.807) is 0 Å². The van der Waals surface area contributed by atoms with E-state index >= 15 is 0 Å². The molecule has 0 spiro atoms. The smallest absolute Gasteiger partial charge is 0.0584 e. The van der Waals surface area contributed by atoms with E-state index in [4.69, 9.17) is 0 Å². The van der Waals surface area contributed by atoms with Crippen LogP contribution < -0.4 is 5.32 Å². The van der Waals surface area contributed by atoms with Gasteiger partial charge in [0.2, 0.25) is 0 Å². The van der Waals surface area contributed by atoms with Crippen LogP contribution in [0.1, 0.15) is 58.8 Å². The van der Waals surface area contributed by atoms with Crippen molar-refractivity contribution in [3.63, 3.8) is 0 Å². The van der Waals surface area contributed by atoms with Crippen LogP contribution in [0.2, 0.25) is 0 Å². The Morgan fingerprint density at radius 1 is 1.13 bits per heavy atom. The van der Waals surface area contributed by atoms with Crippen molar-refractivity contribution in [2.75, 3.05) is 6.61 Å². The van der Waals surface area contributed by atoms with Crippen LogP contribution in [0.4, 0.5) is 0 Å². The van der Waals surface area contributed by atoms with Gasteiger partial charge in [0.1, 0.15) is 0 Å². The zero-order valence-electron chi connectivity index (χ0n) is 10.3. The lowest BCUT2D eigenvalue weighted by Crippen LogP contribution is -2.41. The van der Waals surface area contributed by atoms with Crippen molar-refractivity contribution >= 4 is 0 Å². The molecule has 1 saturated carbocycles. The van der Waals surface area contributed by atoms with E-state index in [-0.39, 0.29) is 6.61 Å². The maximum atomic E-state index is 9.31. The molecule has 0 saturated heterocycles. The first kappa shape index (κ1) is 13.0. The summed E-state index contributed by atoms with van der Waals surface area (Å²) in [7, 11) is 0. The first-order valence-corrected chi connectivity index (χ1v) is 6.59. The van der Waals surface area contributed by atoms with E-state index in [0.29, 0.717) is 18.0 Å². The van der Waals surface area contributed by atoms with Crippen molar-refractivity contribution in [3.05, 3.63) is 0 Å². The highest BCUT2D eigenvalue weighted by Gasteiger charge is 2.17. The third-order valence-electron chi connectivity index (χ3n) is 3.30. The number of hydrogen-bond acceptors (Lipinski definition) is 2. The van der Waals surface area contributed by atoms with E-state index in [1.807, 2.05) is 0 Å². The molecule has 15 heavy (non-hydrogen) atoms. The fourth-order valence-corrected chi connectivity index (χ4v) is 2.54. The Hall–Kier alpha value is -0.0800. The van der Waals surface area contributed by atoms with Crippen molar-refractivity contribution in [1.82, 2.24) is 5.32 Å². The van der Waals surface area contributed by atoms with E-state index in [1.165, 1.54) is 38.5 Å². The van der Waals surface area contributed by atoms with Gasteiger partial charge in [-0.2, -0.15) is 0 Å². The molecule has 1 aliphatic carbocycles. The van der Waals surface area contributed by atoms with Gasteiger partial charge in [0.05, 0.1) is 6.61 Å². The molecule has 90 valence electrons. The van der Waals surface area contributed by atoms with Crippen LogP contribution >= 0.6 is 0 Å². The predicted octanol–water partition coefficient (Wildman–Crippen LogP) is 2.71. The minimum absolute atomic E-state index is 0.286. The standard InChI is InChI=1S/C13H27NO/c1-11(2)9-13(10-15)14-12-7-5-3-4-6-8-12/h11-15H,3-10H2,1-2H3/t13-/m1/s1. The van der Waals surface area contributed by atoms with Gasteiger partial charge >= 0.3 is 0 Å². The molecular weight excluding hydrogens is 186 g/mol. The summed E-state index contributed by atoms with van der Waals surface area (Å²) in [6.07, 6.45) is 9.20. The second-order valence-electron chi connectivity index (χ2n) is 5.36. The van der Waals surface area contributed by atoms with Crippen LogP contribution in [0.5, 0.6) is 0 Å². The topological polar surface area (TPSA) is 32.3 Å². The summed E-state index contributed by atoms with van der Waals surface area (Å²) in [5.74, 6) is 0.667. The van der Waals surface area contributed by atoms with Crippen LogP contribution in [0.3, 0.4) is 0 Å². The molecule has 2 N–H and O–H groups in total. The summed E-state index contributed by atoms with van der Waals surface area (Å²) in [4.78, 5) is 0. The van der Waals surface area contributed by atoms with Crippen LogP contribution in [-0.2, 0) is 0 Å². The average Bonchev–Trinajstić information content (AvgIpc) is 2.44. The van der Waals surface area contributed by atoms with Gasteiger partial charge in [0.15, 0.2) is 0 Å². The second kappa shape index (κ2) is 7.24. The fraction of sp³-hybridized carbons (Fsp3) is 1.00. The number of nitrogens with one attached hydrogen (secondary N) is 1. The lowest BCUT2D eigenvalue weighted by Gasteiger charge is -2.24. The highest BCUT2D eigenvalue weighted by molar-refractivity contribution is 4.76. The molecule has 0 aromatic heterocycles. The Kier molecular flexibility index (Phi) is 6.26. The molecule has 2 nitrogen and oxygen atoms in total.